The Bertz CT molecular complexity index is 798. The molecule has 0 aliphatic carbocycles. The second kappa shape index (κ2) is 11.1. The molecule has 1 aliphatic rings. The fourth-order valence-corrected chi connectivity index (χ4v) is 5.22. The first-order valence-corrected chi connectivity index (χ1v) is 12.2. The van der Waals surface area contributed by atoms with Gasteiger partial charge in [-0.1, -0.05) is 17.7 Å². The largest absolute Gasteiger partial charge is 0.466 e. The fraction of sp³-hybridized carbons (Fsp3) is 0.600. The van der Waals surface area contributed by atoms with Gasteiger partial charge in [0.1, 0.15) is 4.93 Å². The second-order valence-corrected chi connectivity index (χ2v) is 9.68. The zero-order valence-electron chi connectivity index (χ0n) is 17.4. The van der Waals surface area contributed by atoms with E-state index in [1.807, 2.05) is 6.92 Å². The monoisotopic (exact) mass is 460 g/mol. The van der Waals surface area contributed by atoms with E-state index >= 15 is 0 Å². The minimum atomic E-state index is -4.01. The van der Waals surface area contributed by atoms with Crippen LogP contribution >= 0.6 is 11.8 Å². The molecule has 30 heavy (non-hydrogen) atoms. The van der Waals surface area contributed by atoms with Gasteiger partial charge in [0.2, 0.25) is 0 Å². The molecule has 0 N–H and O–H groups in total. The summed E-state index contributed by atoms with van der Waals surface area (Å²) in [6.07, 6.45) is -0.325. The van der Waals surface area contributed by atoms with E-state index in [2.05, 4.69) is 0 Å². The Hall–Kier alpha value is -1.62. The van der Waals surface area contributed by atoms with Crippen LogP contribution in [0.25, 0.3) is 0 Å². The summed E-state index contributed by atoms with van der Waals surface area (Å²) in [5.41, 5.74) is 0.929. The Morgan fingerprint density at radius 3 is 2.10 bits per heavy atom. The lowest BCUT2D eigenvalue weighted by Gasteiger charge is -2.27. The number of rotatable bonds is 11. The first kappa shape index (κ1) is 24.6. The van der Waals surface area contributed by atoms with Gasteiger partial charge in [-0.25, -0.2) is 4.18 Å². The molecule has 1 aliphatic heterocycles. The fourth-order valence-electron chi connectivity index (χ4n) is 2.92. The molecule has 0 spiro atoms. The van der Waals surface area contributed by atoms with Crippen LogP contribution in [-0.2, 0) is 38.1 Å². The number of hydrogen-bond acceptors (Lipinski definition) is 9. The van der Waals surface area contributed by atoms with Crippen molar-refractivity contribution in [3.63, 3.8) is 0 Å². The van der Waals surface area contributed by atoms with Crippen molar-refractivity contribution in [2.45, 2.75) is 62.6 Å². The summed E-state index contributed by atoms with van der Waals surface area (Å²) in [6.45, 7) is 5.83. The number of esters is 2. The smallest absolute Gasteiger partial charge is 0.305 e. The van der Waals surface area contributed by atoms with Gasteiger partial charge in [0.15, 0.2) is 6.29 Å². The van der Waals surface area contributed by atoms with Gasteiger partial charge in [-0.2, -0.15) is 8.42 Å². The summed E-state index contributed by atoms with van der Waals surface area (Å²) in [4.78, 5) is 22.7. The highest BCUT2D eigenvalue weighted by Gasteiger charge is 2.44. The Kier molecular flexibility index (Phi) is 9.14. The highest BCUT2D eigenvalue weighted by molar-refractivity contribution is 8.00. The molecule has 1 aromatic rings. The molecule has 0 saturated carbocycles. The molecule has 0 aromatic heterocycles. The normalized spacial score (nSPS) is 18.2. The molecule has 1 unspecified atom stereocenters. The van der Waals surface area contributed by atoms with E-state index in [9.17, 15) is 18.0 Å². The van der Waals surface area contributed by atoms with E-state index in [4.69, 9.17) is 18.4 Å². The Morgan fingerprint density at radius 1 is 1.07 bits per heavy atom. The number of carbonyl (C=O) groups excluding carboxylic acids is 2. The number of thioether (sulfide) groups is 1. The van der Waals surface area contributed by atoms with Crippen LogP contribution in [0.4, 0.5) is 0 Å². The van der Waals surface area contributed by atoms with Crippen molar-refractivity contribution in [3.8, 4) is 0 Å². The van der Waals surface area contributed by atoms with Gasteiger partial charge in [0.05, 0.1) is 18.1 Å². The quantitative estimate of drug-likeness (QED) is 0.364. The van der Waals surface area contributed by atoms with Gasteiger partial charge in [-0.15, -0.1) is 11.8 Å². The molecule has 10 heteroatoms. The third-order valence-corrected chi connectivity index (χ3v) is 7.19. The van der Waals surface area contributed by atoms with Crippen LogP contribution in [0, 0.1) is 6.92 Å². The van der Waals surface area contributed by atoms with Crippen molar-refractivity contribution in [1.82, 2.24) is 0 Å². The molecule has 1 aromatic carbocycles. The van der Waals surface area contributed by atoms with Gasteiger partial charge in [0, 0.05) is 18.6 Å². The van der Waals surface area contributed by atoms with Crippen LogP contribution in [0.15, 0.2) is 29.2 Å². The van der Waals surface area contributed by atoms with E-state index in [1.54, 1.807) is 26.0 Å². The van der Waals surface area contributed by atoms with Gasteiger partial charge >= 0.3 is 11.9 Å². The molecule has 1 heterocycles. The SMILES string of the molecule is CCOC(=O)CCC1(CCC(=O)OCC)OC(OS(=O)(=O)c2ccc(C)cc2)CS1. The number of hydrogen-bond donors (Lipinski definition) is 0. The molecule has 8 nitrogen and oxygen atoms in total. The van der Waals surface area contributed by atoms with Crippen LogP contribution < -0.4 is 0 Å². The minimum Gasteiger partial charge on any atom is -0.466 e. The van der Waals surface area contributed by atoms with Crippen LogP contribution in [-0.4, -0.2) is 50.5 Å². The van der Waals surface area contributed by atoms with Crippen molar-refractivity contribution in [1.29, 1.82) is 0 Å². The van der Waals surface area contributed by atoms with Gasteiger partial charge in [-0.3, -0.25) is 9.59 Å². The highest BCUT2D eigenvalue weighted by atomic mass is 32.2. The topological polar surface area (TPSA) is 105 Å². The van der Waals surface area contributed by atoms with Crippen molar-refractivity contribution in [3.05, 3.63) is 29.8 Å². The van der Waals surface area contributed by atoms with Gasteiger partial charge in [0.25, 0.3) is 10.1 Å². The number of carbonyl (C=O) groups is 2. The van der Waals surface area contributed by atoms with Crippen LogP contribution in [0.3, 0.4) is 0 Å². The minimum absolute atomic E-state index is 0.0391. The van der Waals surface area contributed by atoms with Crippen molar-refractivity contribution in [2.24, 2.45) is 0 Å². The molecule has 1 saturated heterocycles. The molecule has 1 atom stereocenters. The molecule has 0 amide bonds. The predicted octanol–water partition coefficient (Wildman–Crippen LogP) is 3.17. The molecule has 0 bridgehead atoms. The molecule has 2 rings (SSSR count). The summed E-state index contributed by atoms with van der Waals surface area (Å²) in [7, 11) is -4.01. The third-order valence-electron chi connectivity index (χ3n) is 4.40. The van der Waals surface area contributed by atoms with Gasteiger partial charge < -0.3 is 14.2 Å². The lowest BCUT2D eigenvalue weighted by Crippen LogP contribution is -2.31. The van der Waals surface area contributed by atoms with Crippen LogP contribution in [0.2, 0.25) is 0 Å². The Labute approximate surface area is 181 Å². The summed E-state index contributed by atoms with van der Waals surface area (Å²) >= 11 is 1.33. The maximum atomic E-state index is 12.6. The highest BCUT2D eigenvalue weighted by Crippen LogP contribution is 2.44. The third kappa shape index (κ3) is 7.26. The lowest BCUT2D eigenvalue weighted by atomic mass is 10.1. The molecular formula is C20H28O8S2. The summed E-state index contributed by atoms with van der Waals surface area (Å²) < 4.78 is 46.3. The summed E-state index contributed by atoms with van der Waals surface area (Å²) in [5, 5.41) is 0. The number of benzene rings is 1. The molecular weight excluding hydrogens is 432 g/mol. The van der Waals surface area contributed by atoms with Gasteiger partial charge in [-0.05, 0) is 45.7 Å². The van der Waals surface area contributed by atoms with E-state index < -0.39 is 21.3 Å². The molecule has 168 valence electrons. The predicted molar refractivity (Wildman–Crippen MR) is 111 cm³/mol. The maximum Gasteiger partial charge on any atom is 0.305 e. The molecule has 1 fully saturated rings. The van der Waals surface area contributed by atoms with Crippen molar-refractivity contribution >= 4 is 33.8 Å². The average molecular weight is 461 g/mol. The summed E-state index contributed by atoms with van der Waals surface area (Å²) in [5.74, 6) is -0.515. The van der Waals surface area contributed by atoms with Crippen LogP contribution in [0.5, 0.6) is 0 Å². The van der Waals surface area contributed by atoms with E-state index in [1.165, 1.54) is 23.9 Å². The Morgan fingerprint density at radius 2 is 1.60 bits per heavy atom. The molecule has 0 radical (unpaired) electrons. The average Bonchev–Trinajstić information content (AvgIpc) is 3.08. The number of aryl methyl sites for hydroxylation is 1. The first-order chi connectivity index (χ1) is 14.2. The van der Waals surface area contributed by atoms with Crippen LogP contribution in [0.1, 0.15) is 45.1 Å². The maximum absolute atomic E-state index is 12.6. The summed E-state index contributed by atoms with van der Waals surface area (Å²) in [6, 6.07) is 6.32. The standard InChI is InChI=1S/C20H28O8S2/c1-4-25-17(21)10-12-20(13-11-18(22)26-5-2)27-19(14-29-20)28-30(23,24)16-8-6-15(3)7-9-16/h6-9,19H,4-5,10-14H2,1-3H3. The van der Waals surface area contributed by atoms with E-state index in [-0.39, 0.29) is 61.5 Å². The second-order valence-electron chi connectivity index (χ2n) is 6.74. The lowest BCUT2D eigenvalue weighted by molar-refractivity contribution is -0.149. The van der Waals surface area contributed by atoms with Crippen molar-refractivity contribution < 1.29 is 36.4 Å². The van der Waals surface area contributed by atoms with Crippen molar-refractivity contribution in [2.75, 3.05) is 19.0 Å². The van der Waals surface area contributed by atoms with E-state index in [0.717, 1.165) is 5.56 Å². The zero-order valence-corrected chi connectivity index (χ0v) is 19.1. The Balaban J connectivity index is 2.06. The zero-order chi connectivity index (χ0) is 22.2. The number of ether oxygens (including phenoxy) is 3. The first-order valence-electron chi connectivity index (χ1n) is 9.82. The van der Waals surface area contributed by atoms with E-state index in [0.29, 0.717) is 0 Å².